The Kier molecular flexibility index (Phi) is 7.75. The summed E-state index contributed by atoms with van der Waals surface area (Å²) in [7, 11) is 0. The third-order valence-electron chi connectivity index (χ3n) is 2.72. The Morgan fingerprint density at radius 3 is 2.76 bits per heavy atom. The van der Waals surface area contributed by atoms with Gasteiger partial charge >= 0.3 is 0 Å². The molecule has 5 heteroatoms. The number of hydrogen-bond donors (Lipinski definition) is 2. The minimum absolute atomic E-state index is 0.0458. The Morgan fingerprint density at radius 2 is 2.10 bits per heavy atom. The van der Waals surface area contributed by atoms with E-state index < -0.39 is 0 Å². The van der Waals surface area contributed by atoms with E-state index in [0.29, 0.717) is 11.5 Å². The first-order valence-corrected chi connectivity index (χ1v) is 7.79. The molecule has 0 fully saturated rings. The summed E-state index contributed by atoms with van der Waals surface area (Å²) in [6.45, 7) is 6.05. The second kappa shape index (κ2) is 9.34. The molecule has 0 aliphatic carbocycles. The molecule has 0 bridgehead atoms. The normalized spacial score (nSPS) is 10.3. The standard InChI is InChI=1S/C16H24N2O2S/c1-4-5-6-10-15(19)18-16(21)17-13-8-7-9-14(11-13)20-12(2)3/h7-9,11-12H,4-6,10H2,1-3H3,(H2,17,18,19,21). The van der Waals surface area contributed by atoms with E-state index in [-0.39, 0.29) is 12.0 Å². The Bertz CT molecular complexity index is 475. The number of thiocarbonyl (C=S) groups is 1. The van der Waals surface area contributed by atoms with Crippen molar-refractivity contribution in [1.29, 1.82) is 0 Å². The molecule has 1 aromatic rings. The van der Waals surface area contributed by atoms with Crippen LogP contribution >= 0.6 is 12.2 Å². The third kappa shape index (κ3) is 7.66. The van der Waals surface area contributed by atoms with Crippen LogP contribution in [0.5, 0.6) is 5.75 Å². The molecule has 0 spiro atoms. The molecule has 0 saturated heterocycles. The lowest BCUT2D eigenvalue weighted by atomic mass is 10.2. The number of rotatable bonds is 7. The Morgan fingerprint density at radius 1 is 1.33 bits per heavy atom. The second-order valence-electron chi connectivity index (χ2n) is 5.15. The maximum atomic E-state index is 11.7. The van der Waals surface area contributed by atoms with E-state index in [1.807, 2.05) is 38.1 Å². The van der Waals surface area contributed by atoms with Gasteiger partial charge in [-0.2, -0.15) is 0 Å². The monoisotopic (exact) mass is 308 g/mol. The minimum atomic E-state index is -0.0458. The number of unbranched alkanes of at least 4 members (excludes halogenated alkanes) is 2. The highest BCUT2D eigenvalue weighted by molar-refractivity contribution is 7.80. The number of carbonyl (C=O) groups is 1. The number of benzene rings is 1. The molecule has 0 aliphatic rings. The van der Waals surface area contributed by atoms with Crippen LogP contribution in [0.1, 0.15) is 46.5 Å². The first-order chi connectivity index (χ1) is 10.0. The molecule has 1 amide bonds. The average Bonchev–Trinajstić information content (AvgIpc) is 2.38. The molecule has 0 atom stereocenters. The predicted molar refractivity (Wildman–Crippen MR) is 90.7 cm³/mol. The first-order valence-electron chi connectivity index (χ1n) is 7.38. The summed E-state index contributed by atoms with van der Waals surface area (Å²) in [5.41, 5.74) is 0.798. The number of ether oxygens (including phenoxy) is 1. The zero-order chi connectivity index (χ0) is 15.7. The van der Waals surface area contributed by atoms with Gasteiger partial charge in [-0.05, 0) is 44.6 Å². The van der Waals surface area contributed by atoms with Crippen LogP contribution in [0.15, 0.2) is 24.3 Å². The van der Waals surface area contributed by atoms with Crippen molar-refractivity contribution in [2.24, 2.45) is 0 Å². The average molecular weight is 308 g/mol. The van der Waals surface area contributed by atoms with Crippen LogP contribution < -0.4 is 15.4 Å². The van der Waals surface area contributed by atoms with Gasteiger partial charge < -0.3 is 15.4 Å². The third-order valence-corrected chi connectivity index (χ3v) is 2.93. The van der Waals surface area contributed by atoms with Crippen molar-refractivity contribution in [1.82, 2.24) is 5.32 Å². The number of amides is 1. The molecule has 1 rings (SSSR count). The van der Waals surface area contributed by atoms with Gasteiger partial charge in [0.2, 0.25) is 5.91 Å². The summed E-state index contributed by atoms with van der Waals surface area (Å²) in [4.78, 5) is 11.7. The molecular formula is C16H24N2O2S. The van der Waals surface area contributed by atoms with Gasteiger partial charge in [0, 0.05) is 18.2 Å². The molecule has 0 unspecified atom stereocenters. The van der Waals surface area contributed by atoms with E-state index in [0.717, 1.165) is 30.7 Å². The van der Waals surface area contributed by atoms with Gasteiger partial charge in [0.05, 0.1) is 6.10 Å². The number of carbonyl (C=O) groups excluding carboxylic acids is 1. The largest absolute Gasteiger partial charge is 0.491 e. The Balaban J connectivity index is 2.45. The fraction of sp³-hybridized carbons (Fsp3) is 0.500. The molecule has 0 radical (unpaired) electrons. The van der Waals surface area contributed by atoms with E-state index >= 15 is 0 Å². The van der Waals surface area contributed by atoms with Crippen LogP contribution in [0.4, 0.5) is 5.69 Å². The van der Waals surface area contributed by atoms with Crippen LogP contribution in [0, 0.1) is 0 Å². The first kappa shape index (κ1) is 17.4. The molecule has 0 aliphatic heterocycles. The molecule has 2 N–H and O–H groups in total. The van der Waals surface area contributed by atoms with Crippen LogP contribution in [-0.4, -0.2) is 17.1 Å². The maximum absolute atomic E-state index is 11.7. The van der Waals surface area contributed by atoms with E-state index in [9.17, 15) is 4.79 Å². The maximum Gasteiger partial charge on any atom is 0.226 e. The van der Waals surface area contributed by atoms with E-state index in [4.69, 9.17) is 17.0 Å². The second-order valence-corrected chi connectivity index (χ2v) is 5.56. The highest BCUT2D eigenvalue weighted by Crippen LogP contribution is 2.18. The van der Waals surface area contributed by atoms with Gasteiger partial charge in [0.25, 0.3) is 0 Å². The van der Waals surface area contributed by atoms with Crippen molar-refractivity contribution in [3.05, 3.63) is 24.3 Å². The number of hydrogen-bond acceptors (Lipinski definition) is 3. The molecule has 0 aromatic heterocycles. The highest BCUT2D eigenvalue weighted by atomic mass is 32.1. The quantitative estimate of drug-likeness (QED) is 0.593. The molecule has 4 nitrogen and oxygen atoms in total. The van der Waals surface area contributed by atoms with Gasteiger partial charge in [-0.3, -0.25) is 4.79 Å². The van der Waals surface area contributed by atoms with Crippen LogP contribution in [0.25, 0.3) is 0 Å². The SMILES string of the molecule is CCCCCC(=O)NC(=S)Nc1cccc(OC(C)C)c1. The zero-order valence-electron chi connectivity index (χ0n) is 12.9. The Hall–Kier alpha value is -1.62. The van der Waals surface area contributed by atoms with E-state index in [2.05, 4.69) is 17.6 Å². The summed E-state index contributed by atoms with van der Waals surface area (Å²) in [6, 6.07) is 7.50. The van der Waals surface area contributed by atoms with Gasteiger partial charge in [-0.1, -0.05) is 25.8 Å². The topological polar surface area (TPSA) is 50.4 Å². The van der Waals surface area contributed by atoms with Crippen molar-refractivity contribution in [2.75, 3.05) is 5.32 Å². The van der Waals surface area contributed by atoms with Crippen LogP contribution in [0.2, 0.25) is 0 Å². The van der Waals surface area contributed by atoms with Crippen LogP contribution in [-0.2, 0) is 4.79 Å². The predicted octanol–water partition coefficient (Wildman–Crippen LogP) is 3.87. The lowest BCUT2D eigenvalue weighted by Gasteiger charge is -2.13. The summed E-state index contributed by atoms with van der Waals surface area (Å²) < 4.78 is 5.61. The van der Waals surface area contributed by atoms with Crippen molar-refractivity contribution in [3.8, 4) is 5.75 Å². The molecule has 116 valence electrons. The summed E-state index contributed by atoms with van der Waals surface area (Å²) in [5, 5.41) is 6.00. The van der Waals surface area contributed by atoms with Crippen molar-refractivity contribution in [2.45, 2.75) is 52.6 Å². The fourth-order valence-electron chi connectivity index (χ4n) is 1.81. The molecular weight excluding hydrogens is 284 g/mol. The van der Waals surface area contributed by atoms with E-state index in [1.54, 1.807) is 0 Å². The smallest absolute Gasteiger partial charge is 0.226 e. The molecule has 0 heterocycles. The van der Waals surface area contributed by atoms with Crippen molar-refractivity contribution in [3.63, 3.8) is 0 Å². The van der Waals surface area contributed by atoms with Gasteiger partial charge in [0.15, 0.2) is 5.11 Å². The molecule has 0 saturated carbocycles. The lowest BCUT2D eigenvalue weighted by Crippen LogP contribution is -2.33. The number of anilines is 1. The van der Waals surface area contributed by atoms with Crippen molar-refractivity contribution >= 4 is 28.9 Å². The van der Waals surface area contributed by atoms with Crippen molar-refractivity contribution < 1.29 is 9.53 Å². The van der Waals surface area contributed by atoms with E-state index in [1.165, 1.54) is 0 Å². The minimum Gasteiger partial charge on any atom is -0.491 e. The summed E-state index contributed by atoms with van der Waals surface area (Å²) in [5.74, 6) is 0.725. The summed E-state index contributed by atoms with van der Waals surface area (Å²) in [6.07, 6.45) is 3.67. The molecule has 1 aromatic carbocycles. The van der Waals surface area contributed by atoms with Gasteiger partial charge in [0.1, 0.15) is 5.75 Å². The van der Waals surface area contributed by atoms with Gasteiger partial charge in [-0.15, -0.1) is 0 Å². The highest BCUT2D eigenvalue weighted by Gasteiger charge is 2.05. The number of nitrogens with one attached hydrogen (secondary N) is 2. The van der Waals surface area contributed by atoms with Gasteiger partial charge in [-0.25, -0.2) is 0 Å². The Labute approximate surface area is 132 Å². The summed E-state index contributed by atoms with van der Waals surface area (Å²) >= 11 is 5.14. The van der Waals surface area contributed by atoms with Crippen LogP contribution in [0.3, 0.4) is 0 Å². The fourth-order valence-corrected chi connectivity index (χ4v) is 2.04. The lowest BCUT2D eigenvalue weighted by molar-refractivity contribution is -0.119. The molecule has 21 heavy (non-hydrogen) atoms. The zero-order valence-corrected chi connectivity index (χ0v) is 13.8.